The molecule has 0 atom stereocenters. The van der Waals surface area contributed by atoms with Crippen molar-refractivity contribution in [1.29, 1.82) is 0 Å². The topological polar surface area (TPSA) is 179 Å². The summed E-state index contributed by atoms with van der Waals surface area (Å²) in [6, 6.07) is 9.27. The van der Waals surface area contributed by atoms with Crippen molar-refractivity contribution in [1.82, 2.24) is 0 Å². The predicted molar refractivity (Wildman–Crippen MR) is 122 cm³/mol. The number of fused-ring (bicyclic) bond motifs is 2. The van der Waals surface area contributed by atoms with Crippen LogP contribution in [0, 0.1) is 6.92 Å². The van der Waals surface area contributed by atoms with Gasteiger partial charge in [0.25, 0.3) is 0 Å². The lowest BCUT2D eigenvalue weighted by Gasteiger charge is -2.25. The van der Waals surface area contributed by atoms with E-state index in [0.717, 1.165) is 36.4 Å². The fraction of sp³-hybridized carbons (Fsp3) is 0.0400. The van der Waals surface area contributed by atoms with Crippen LogP contribution >= 0.6 is 0 Å². The largest absolute Gasteiger partial charge is 0.508 e. The molecule has 0 saturated heterocycles. The summed E-state index contributed by atoms with van der Waals surface area (Å²) in [6.45, 7) is 1.64. The maximum Gasteiger partial charge on any atom is 0.220 e. The van der Waals surface area contributed by atoms with Crippen molar-refractivity contribution in [3.8, 4) is 86.2 Å². The van der Waals surface area contributed by atoms with Gasteiger partial charge in [-0.1, -0.05) is 0 Å². The molecule has 1 heterocycles. The summed E-state index contributed by atoms with van der Waals surface area (Å²) in [5.41, 5.74) is 0.546. The standard InChI is InChI=1S/C25H18O11/c1-10-2-15(29)21(16(30)3-10)34-20-9-18(32)23-25(24(20)33-14-5-11(26)4-12(27)6-14)36-22-17(31)7-13(28)8-19(22)35-23/h2-9,26-32H,1H3. The van der Waals surface area contributed by atoms with Crippen LogP contribution in [-0.4, -0.2) is 35.7 Å². The fourth-order valence-electron chi connectivity index (χ4n) is 3.61. The average molecular weight is 494 g/mol. The van der Waals surface area contributed by atoms with Crippen molar-refractivity contribution in [2.45, 2.75) is 6.92 Å². The Labute approximate surface area is 202 Å². The molecule has 0 bridgehead atoms. The Kier molecular flexibility index (Phi) is 5.10. The van der Waals surface area contributed by atoms with Gasteiger partial charge in [0.05, 0.1) is 0 Å². The van der Waals surface area contributed by atoms with Gasteiger partial charge in [0, 0.05) is 36.4 Å². The molecule has 184 valence electrons. The Bertz CT molecular complexity index is 1480. The number of aromatic hydroxyl groups is 7. The first-order valence-corrected chi connectivity index (χ1v) is 10.3. The van der Waals surface area contributed by atoms with E-state index >= 15 is 0 Å². The van der Waals surface area contributed by atoms with Gasteiger partial charge in [0.1, 0.15) is 23.0 Å². The minimum absolute atomic E-state index is 0.0908. The first-order valence-electron chi connectivity index (χ1n) is 10.3. The van der Waals surface area contributed by atoms with Crippen LogP contribution in [0.25, 0.3) is 0 Å². The Morgan fingerprint density at radius 3 is 1.81 bits per heavy atom. The highest BCUT2D eigenvalue weighted by molar-refractivity contribution is 5.73. The van der Waals surface area contributed by atoms with E-state index in [1.54, 1.807) is 6.92 Å². The highest BCUT2D eigenvalue weighted by atomic mass is 16.6. The minimum Gasteiger partial charge on any atom is -0.508 e. The van der Waals surface area contributed by atoms with Crippen LogP contribution in [0.3, 0.4) is 0 Å². The number of hydrogen-bond acceptors (Lipinski definition) is 11. The second-order valence-electron chi connectivity index (χ2n) is 7.90. The van der Waals surface area contributed by atoms with Crippen molar-refractivity contribution in [2.75, 3.05) is 0 Å². The molecule has 36 heavy (non-hydrogen) atoms. The van der Waals surface area contributed by atoms with Crippen molar-refractivity contribution in [2.24, 2.45) is 0 Å². The van der Waals surface area contributed by atoms with Gasteiger partial charge in [-0.3, -0.25) is 0 Å². The molecule has 7 N–H and O–H groups in total. The zero-order valence-electron chi connectivity index (χ0n) is 18.4. The molecule has 0 amide bonds. The molecule has 0 aliphatic carbocycles. The van der Waals surface area contributed by atoms with Crippen molar-refractivity contribution in [3.05, 3.63) is 54.1 Å². The van der Waals surface area contributed by atoms with Crippen molar-refractivity contribution < 1.29 is 54.7 Å². The van der Waals surface area contributed by atoms with E-state index in [-0.39, 0.29) is 63.2 Å². The molecule has 4 aromatic carbocycles. The third-order valence-electron chi connectivity index (χ3n) is 5.07. The third kappa shape index (κ3) is 3.94. The Hall–Kier alpha value is -5.32. The summed E-state index contributed by atoms with van der Waals surface area (Å²) in [7, 11) is 0. The van der Waals surface area contributed by atoms with E-state index in [4.69, 9.17) is 18.9 Å². The molecule has 1 aliphatic heterocycles. The van der Waals surface area contributed by atoms with E-state index in [0.29, 0.717) is 5.56 Å². The number of benzene rings is 4. The van der Waals surface area contributed by atoms with Gasteiger partial charge in [0.2, 0.25) is 28.7 Å². The lowest BCUT2D eigenvalue weighted by Crippen LogP contribution is -2.03. The van der Waals surface area contributed by atoms with E-state index in [1.165, 1.54) is 12.1 Å². The van der Waals surface area contributed by atoms with Gasteiger partial charge in [-0.2, -0.15) is 0 Å². The molecule has 0 unspecified atom stereocenters. The Balaban J connectivity index is 1.69. The van der Waals surface area contributed by atoms with Crippen molar-refractivity contribution in [3.63, 3.8) is 0 Å². The van der Waals surface area contributed by atoms with E-state index in [2.05, 4.69) is 0 Å². The highest BCUT2D eigenvalue weighted by Gasteiger charge is 2.33. The molecule has 11 heteroatoms. The maximum absolute atomic E-state index is 10.7. The smallest absolute Gasteiger partial charge is 0.220 e. The van der Waals surface area contributed by atoms with Crippen LogP contribution in [0.2, 0.25) is 0 Å². The molecule has 5 rings (SSSR count). The molecule has 4 aromatic rings. The molecule has 0 aromatic heterocycles. The highest BCUT2D eigenvalue weighted by Crippen LogP contribution is 2.61. The number of phenolic OH excluding ortho intramolecular Hbond substituents is 7. The molecule has 0 spiro atoms. The summed E-state index contributed by atoms with van der Waals surface area (Å²) in [5, 5.41) is 71.1. The number of hydrogen-bond donors (Lipinski definition) is 7. The maximum atomic E-state index is 10.7. The van der Waals surface area contributed by atoms with Gasteiger partial charge >= 0.3 is 0 Å². The molecular formula is C25H18O11. The molecule has 0 fully saturated rings. The van der Waals surface area contributed by atoms with Gasteiger partial charge < -0.3 is 54.7 Å². The lowest BCUT2D eigenvalue weighted by atomic mass is 10.2. The van der Waals surface area contributed by atoms with Gasteiger partial charge in [-0.25, -0.2) is 0 Å². The summed E-state index contributed by atoms with van der Waals surface area (Å²) in [6.07, 6.45) is 0. The SMILES string of the molecule is Cc1cc(O)c(Oc2cc(O)c3c(c2Oc2cc(O)cc(O)c2)Oc2c(O)cc(O)cc2O3)c(O)c1. The van der Waals surface area contributed by atoms with Crippen LogP contribution < -0.4 is 18.9 Å². The molecule has 0 saturated carbocycles. The first-order chi connectivity index (χ1) is 17.1. The number of ether oxygens (including phenoxy) is 4. The quantitative estimate of drug-likeness (QED) is 0.170. The van der Waals surface area contributed by atoms with E-state index in [1.807, 2.05) is 0 Å². The summed E-state index contributed by atoms with van der Waals surface area (Å²) >= 11 is 0. The summed E-state index contributed by atoms with van der Waals surface area (Å²) < 4.78 is 22.9. The van der Waals surface area contributed by atoms with Crippen LogP contribution in [0.1, 0.15) is 5.56 Å². The van der Waals surface area contributed by atoms with Crippen LogP contribution in [-0.2, 0) is 0 Å². The van der Waals surface area contributed by atoms with Crippen LogP contribution in [0.5, 0.6) is 86.2 Å². The normalized spacial score (nSPS) is 11.6. The van der Waals surface area contributed by atoms with Gasteiger partial charge in [-0.15, -0.1) is 0 Å². The van der Waals surface area contributed by atoms with Crippen LogP contribution in [0.4, 0.5) is 0 Å². The summed E-state index contributed by atoms with van der Waals surface area (Å²) in [4.78, 5) is 0. The molecule has 0 radical (unpaired) electrons. The lowest BCUT2D eigenvalue weighted by molar-refractivity contribution is 0.298. The van der Waals surface area contributed by atoms with Crippen molar-refractivity contribution >= 4 is 0 Å². The average Bonchev–Trinajstić information content (AvgIpc) is 2.77. The Morgan fingerprint density at radius 2 is 1.14 bits per heavy atom. The summed E-state index contributed by atoms with van der Waals surface area (Å²) in [5.74, 6) is -4.77. The first kappa shape index (κ1) is 22.5. The van der Waals surface area contributed by atoms with Crippen LogP contribution in [0.15, 0.2) is 48.5 Å². The fourth-order valence-corrected chi connectivity index (χ4v) is 3.61. The number of rotatable bonds is 4. The van der Waals surface area contributed by atoms with E-state index in [9.17, 15) is 35.7 Å². The molecule has 1 aliphatic rings. The minimum atomic E-state index is -0.523. The third-order valence-corrected chi connectivity index (χ3v) is 5.07. The number of phenols is 7. The molecular weight excluding hydrogens is 476 g/mol. The van der Waals surface area contributed by atoms with Gasteiger partial charge in [-0.05, 0) is 24.6 Å². The monoisotopic (exact) mass is 494 g/mol. The van der Waals surface area contributed by atoms with Gasteiger partial charge in [0.15, 0.2) is 34.5 Å². The number of aryl methyl sites for hydroxylation is 1. The second kappa shape index (κ2) is 8.17. The second-order valence-corrected chi connectivity index (χ2v) is 7.90. The van der Waals surface area contributed by atoms with E-state index < -0.39 is 23.0 Å². The predicted octanol–water partition coefficient (Wildman–Crippen LogP) is 5.42. The molecule has 11 nitrogen and oxygen atoms in total. The zero-order valence-corrected chi connectivity index (χ0v) is 18.4. The zero-order chi connectivity index (χ0) is 25.7. The Morgan fingerprint density at radius 1 is 0.528 bits per heavy atom.